The van der Waals surface area contributed by atoms with Gasteiger partial charge in [0.15, 0.2) is 0 Å². The lowest BCUT2D eigenvalue weighted by Crippen LogP contribution is -2.50. The predicted molar refractivity (Wildman–Crippen MR) is 77.9 cm³/mol. The Morgan fingerprint density at radius 1 is 1.28 bits per heavy atom. The molecule has 0 aliphatic carbocycles. The molecule has 100 valence electrons. The van der Waals surface area contributed by atoms with Gasteiger partial charge < -0.3 is 9.80 Å². The first-order valence-electron chi connectivity index (χ1n) is 5.73. The van der Waals surface area contributed by atoms with Crippen LogP contribution in [0, 0.1) is 0 Å². The fraction of sp³-hybridized carbons (Fsp3) is 0.500. The molecule has 1 saturated heterocycles. The Morgan fingerprint density at radius 2 is 1.89 bits per heavy atom. The van der Waals surface area contributed by atoms with E-state index in [-0.39, 0.29) is 18.3 Å². The second-order valence-electron chi connectivity index (χ2n) is 4.02. The summed E-state index contributed by atoms with van der Waals surface area (Å²) in [5.74, 6) is 1.21. The van der Waals surface area contributed by atoms with Crippen LogP contribution in [0.25, 0.3) is 0 Å². The van der Waals surface area contributed by atoms with Gasteiger partial charge in [-0.05, 0) is 11.4 Å². The van der Waals surface area contributed by atoms with Crippen LogP contribution >= 0.6 is 23.7 Å². The minimum absolute atomic E-state index is 0. The molecule has 0 unspecified atom stereocenters. The van der Waals surface area contributed by atoms with Gasteiger partial charge in [0.1, 0.15) is 5.84 Å². The number of thiophene rings is 1. The van der Waals surface area contributed by atoms with Crippen LogP contribution in [0.15, 0.2) is 22.5 Å². The highest BCUT2D eigenvalue weighted by atomic mass is 35.5. The molecule has 2 heterocycles. The Labute approximate surface area is 118 Å². The summed E-state index contributed by atoms with van der Waals surface area (Å²) in [4.78, 5) is 21.0. The van der Waals surface area contributed by atoms with Crippen molar-refractivity contribution in [3.63, 3.8) is 0 Å². The molecular formula is C12H18ClN3OS. The monoisotopic (exact) mass is 287 g/mol. The average molecular weight is 288 g/mol. The number of halogens is 1. The van der Waals surface area contributed by atoms with Crippen molar-refractivity contribution >= 4 is 35.5 Å². The first kappa shape index (κ1) is 15.0. The zero-order valence-corrected chi connectivity index (χ0v) is 12.3. The zero-order valence-electron chi connectivity index (χ0n) is 10.6. The Balaban J connectivity index is 0.00000162. The molecule has 0 spiro atoms. The number of amides is 1. The first-order valence-corrected chi connectivity index (χ1v) is 6.61. The van der Waals surface area contributed by atoms with Crippen molar-refractivity contribution in [3.8, 4) is 0 Å². The summed E-state index contributed by atoms with van der Waals surface area (Å²) in [6, 6.07) is 4.13. The molecule has 1 fully saturated rings. The van der Waals surface area contributed by atoms with Crippen LogP contribution in [0.5, 0.6) is 0 Å². The molecule has 0 saturated carbocycles. The third kappa shape index (κ3) is 3.23. The van der Waals surface area contributed by atoms with Crippen LogP contribution in [-0.4, -0.2) is 54.8 Å². The van der Waals surface area contributed by atoms with Crippen LogP contribution in [0.3, 0.4) is 0 Å². The number of aliphatic imine (C=N–C) groups is 1. The number of rotatable bonds is 1. The molecule has 0 radical (unpaired) electrons. The van der Waals surface area contributed by atoms with Crippen LogP contribution in [0.1, 0.15) is 11.8 Å². The van der Waals surface area contributed by atoms with E-state index in [2.05, 4.69) is 21.3 Å². The van der Waals surface area contributed by atoms with Gasteiger partial charge in [0.2, 0.25) is 5.91 Å². The van der Waals surface area contributed by atoms with Crippen LogP contribution in [-0.2, 0) is 4.79 Å². The fourth-order valence-electron chi connectivity index (χ4n) is 2.05. The number of carbonyl (C=O) groups excluding carboxylic acids is 1. The summed E-state index contributed by atoms with van der Waals surface area (Å²) in [6.45, 7) is 4.94. The van der Waals surface area contributed by atoms with Gasteiger partial charge in [-0.3, -0.25) is 9.79 Å². The topological polar surface area (TPSA) is 35.9 Å². The summed E-state index contributed by atoms with van der Waals surface area (Å²) < 4.78 is 0. The van der Waals surface area contributed by atoms with Crippen molar-refractivity contribution in [3.05, 3.63) is 22.4 Å². The molecule has 4 nitrogen and oxygen atoms in total. The average Bonchev–Trinajstić information content (AvgIpc) is 2.84. The molecule has 1 amide bonds. The van der Waals surface area contributed by atoms with Crippen molar-refractivity contribution in [2.75, 3.05) is 33.2 Å². The maximum absolute atomic E-state index is 11.3. The highest BCUT2D eigenvalue weighted by molar-refractivity contribution is 7.12. The Hall–Kier alpha value is -1.07. The second kappa shape index (κ2) is 6.75. The molecule has 0 aromatic carbocycles. The van der Waals surface area contributed by atoms with Crippen molar-refractivity contribution in [1.29, 1.82) is 0 Å². The molecule has 18 heavy (non-hydrogen) atoms. The van der Waals surface area contributed by atoms with Crippen molar-refractivity contribution in [2.24, 2.45) is 4.99 Å². The summed E-state index contributed by atoms with van der Waals surface area (Å²) in [7, 11) is 1.83. The maximum Gasteiger partial charge on any atom is 0.219 e. The van der Waals surface area contributed by atoms with Gasteiger partial charge in [-0.2, -0.15) is 0 Å². The SMILES string of the molecule is CN=C(c1cccs1)N1CCN(C(C)=O)CC1.Cl. The molecule has 2 rings (SSSR count). The Morgan fingerprint density at radius 3 is 2.33 bits per heavy atom. The predicted octanol–water partition coefficient (Wildman–Crippen LogP) is 1.71. The van der Waals surface area contributed by atoms with E-state index in [1.165, 1.54) is 4.88 Å². The lowest BCUT2D eigenvalue weighted by Gasteiger charge is -2.35. The molecule has 0 bridgehead atoms. The van der Waals surface area contributed by atoms with Gasteiger partial charge in [0.05, 0.1) is 4.88 Å². The van der Waals surface area contributed by atoms with E-state index < -0.39 is 0 Å². The molecule has 1 aromatic rings. The minimum atomic E-state index is 0. The molecule has 1 aliphatic heterocycles. The number of nitrogens with zero attached hydrogens (tertiary/aromatic N) is 3. The summed E-state index contributed by atoms with van der Waals surface area (Å²) in [5, 5.41) is 2.06. The summed E-state index contributed by atoms with van der Waals surface area (Å²) in [5.41, 5.74) is 0. The van der Waals surface area contributed by atoms with Crippen molar-refractivity contribution < 1.29 is 4.79 Å². The number of piperazine rings is 1. The Kier molecular flexibility index (Phi) is 5.62. The molecule has 0 N–H and O–H groups in total. The Bertz CT molecular complexity index is 411. The highest BCUT2D eigenvalue weighted by Crippen LogP contribution is 2.14. The van der Waals surface area contributed by atoms with E-state index in [0.29, 0.717) is 0 Å². The largest absolute Gasteiger partial charge is 0.352 e. The highest BCUT2D eigenvalue weighted by Gasteiger charge is 2.21. The standard InChI is InChI=1S/C12H17N3OS.ClH/c1-10(16)14-5-7-15(8-6-14)12(13-2)11-4-3-9-17-11;/h3-4,9H,5-8H2,1-2H3;1H. The van der Waals surface area contributed by atoms with E-state index >= 15 is 0 Å². The molecule has 0 atom stereocenters. The molecular weight excluding hydrogens is 270 g/mol. The van der Waals surface area contributed by atoms with E-state index in [9.17, 15) is 4.79 Å². The van der Waals surface area contributed by atoms with E-state index in [1.807, 2.05) is 18.0 Å². The number of amidine groups is 1. The van der Waals surface area contributed by atoms with Gasteiger partial charge >= 0.3 is 0 Å². The molecule has 1 aromatic heterocycles. The minimum Gasteiger partial charge on any atom is -0.352 e. The maximum atomic E-state index is 11.3. The summed E-state index contributed by atoms with van der Waals surface area (Å²) in [6.07, 6.45) is 0. The van der Waals surface area contributed by atoms with Gasteiger partial charge in [-0.15, -0.1) is 23.7 Å². The molecule has 1 aliphatic rings. The normalized spacial score (nSPS) is 16.4. The van der Waals surface area contributed by atoms with Crippen LogP contribution in [0.2, 0.25) is 0 Å². The van der Waals surface area contributed by atoms with E-state index in [1.54, 1.807) is 18.3 Å². The van der Waals surface area contributed by atoms with Gasteiger partial charge in [0, 0.05) is 40.2 Å². The summed E-state index contributed by atoms with van der Waals surface area (Å²) >= 11 is 1.70. The number of hydrogen-bond donors (Lipinski definition) is 0. The second-order valence-corrected chi connectivity index (χ2v) is 4.97. The lowest BCUT2D eigenvalue weighted by molar-refractivity contribution is -0.130. The van der Waals surface area contributed by atoms with Gasteiger partial charge in [-0.1, -0.05) is 6.07 Å². The van der Waals surface area contributed by atoms with Crippen molar-refractivity contribution in [2.45, 2.75) is 6.92 Å². The van der Waals surface area contributed by atoms with E-state index in [0.717, 1.165) is 32.0 Å². The number of carbonyl (C=O) groups is 1. The molecule has 6 heteroatoms. The van der Waals surface area contributed by atoms with Crippen LogP contribution in [0.4, 0.5) is 0 Å². The third-order valence-electron chi connectivity index (χ3n) is 2.98. The smallest absolute Gasteiger partial charge is 0.219 e. The first-order chi connectivity index (χ1) is 8.22. The quantitative estimate of drug-likeness (QED) is 0.582. The van der Waals surface area contributed by atoms with Gasteiger partial charge in [0.25, 0.3) is 0 Å². The van der Waals surface area contributed by atoms with Gasteiger partial charge in [-0.25, -0.2) is 0 Å². The van der Waals surface area contributed by atoms with Crippen molar-refractivity contribution in [1.82, 2.24) is 9.80 Å². The third-order valence-corrected chi connectivity index (χ3v) is 3.84. The number of hydrogen-bond acceptors (Lipinski definition) is 3. The van der Waals surface area contributed by atoms with E-state index in [4.69, 9.17) is 0 Å². The lowest BCUT2D eigenvalue weighted by atomic mass is 10.3. The fourth-order valence-corrected chi connectivity index (χ4v) is 2.83. The van der Waals surface area contributed by atoms with Crippen LogP contribution < -0.4 is 0 Å². The zero-order chi connectivity index (χ0) is 12.3.